The monoisotopic (exact) mass is 262 g/mol. The maximum absolute atomic E-state index is 12.3. The van der Waals surface area contributed by atoms with Gasteiger partial charge in [-0.05, 0) is 18.8 Å². The molecule has 17 heavy (non-hydrogen) atoms. The molecule has 0 aromatic carbocycles. The van der Waals surface area contributed by atoms with Crippen LogP contribution in [0.1, 0.15) is 44.9 Å². The summed E-state index contributed by atoms with van der Waals surface area (Å²) in [7, 11) is 0. The largest absolute Gasteiger partial charge is 0.400 e. The van der Waals surface area contributed by atoms with Gasteiger partial charge in [0.2, 0.25) is 0 Å². The fourth-order valence-electron chi connectivity index (χ4n) is 2.39. The normalized spacial score (nSPS) is 19.9. The summed E-state index contributed by atoms with van der Waals surface area (Å²) >= 11 is 0. The molecule has 0 radical (unpaired) electrons. The molecule has 0 heterocycles. The second-order valence-corrected chi connectivity index (χ2v) is 4.72. The molecule has 0 aromatic rings. The van der Waals surface area contributed by atoms with Gasteiger partial charge in [0.05, 0.1) is 0 Å². The fraction of sp³-hybridized carbons (Fsp3) is 1.00. The van der Waals surface area contributed by atoms with E-state index in [0.29, 0.717) is 0 Å². The second-order valence-electron chi connectivity index (χ2n) is 4.72. The van der Waals surface area contributed by atoms with Gasteiger partial charge < -0.3 is 0 Å². The summed E-state index contributed by atoms with van der Waals surface area (Å²) in [5.74, 6) is -3.12. The van der Waals surface area contributed by atoms with Gasteiger partial charge in [0, 0.05) is 0 Å². The molecule has 0 bridgehead atoms. The highest BCUT2D eigenvalue weighted by Crippen LogP contribution is 2.43. The first kappa shape index (κ1) is 14.6. The van der Waals surface area contributed by atoms with E-state index < -0.39 is 24.7 Å². The summed E-state index contributed by atoms with van der Waals surface area (Å²) in [6.07, 6.45) is -6.72. The van der Waals surface area contributed by atoms with E-state index in [1.807, 2.05) is 0 Å². The van der Waals surface area contributed by atoms with Gasteiger partial charge in [-0.3, -0.25) is 0 Å². The van der Waals surface area contributed by atoms with Gasteiger partial charge in [0.25, 0.3) is 0 Å². The van der Waals surface area contributed by atoms with E-state index >= 15 is 0 Å². The van der Waals surface area contributed by atoms with Crippen LogP contribution in [0.15, 0.2) is 0 Å². The van der Waals surface area contributed by atoms with Gasteiger partial charge >= 0.3 is 12.4 Å². The van der Waals surface area contributed by atoms with E-state index in [-0.39, 0.29) is 12.3 Å². The summed E-state index contributed by atoms with van der Waals surface area (Å²) in [4.78, 5) is 0. The van der Waals surface area contributed by atoms with Crippen molar-refractivity contribution < 1.29 is 26.3 Å². The van der Waals surface area contributed by atoms with Crippen molar-refractivity contribution in [1.82, 2.24) is 0 Å². The predicted molar refractivity (Wildman–Crippen MR) is 51.4 cm³/mol. The van der Waals surface area contributed by atoms with Crippen LogP contribution in [-0.4, -0.2) is 12.4 Å². The Morgan fingerprint density at radius 1 is 0.824 bits per heavy atom. The zero-order valence-corrected chi connectivity index (χ0v) is 9.37. The molecule has 0 nitrogen and oxygen atoms in total. The van der Waals surface area contributed by atoms with Gasteiger partial charge in [0.15, 0.2) is 5.92 Å². The highest BCUT2D eigenvalue weighted by molar-refractivity contribution is 4.77. The number of rotatable bonds is 3. The van der Waals surface area contributed by atoms with Gasteiger partial charge in [0.1, 0.15) is 0 Å². The molecule has 0 amide bonds. The molecule has 0 atom stereocenters. The lowest BCUT2D eigenvalue weighted by molar-refractivity contribution is -0.286. The molecule has 102 valence electrons. The molecule has 6 heteroatoms. The van der Waals surface area contributed by atoms with Crippen LogP contribution < -0.4 is 0 Å². The van der Waals surface area contributed by atoms with Crippen molar-refractivity contribution in [1.29, 1.82) is 0 Å². The maximum Gasteiger partial charge on any atom is 0.400 e. The van der Waals surface area contributed by atoms with Crippen LogP contribution in [0.3, 0.4) is 0 Å². The minimum absolute atomic E-state index is 0.0314. The molecule has 1 saturated carbocycles. The molecule has 1 rings (SSSR count). The number of hydrogen-bond acceptors (Lipinski definition) is 0. The smallest absolute Gasteiger partial charge is 0.170 e. The summed E-state index contributed by atoms with van der Waals surface area (Å²) in [6, 6.07) is 0. The molecule has 1 aliphatic rings. The predicted octanol–water partition coefficient (Wildman–Crippen LogP) is 5.09. The zero-order valence-electron chi connectivity index (χ0n) is 9.37. The Morgan fingerprint density at radius 3 is 1.71 bits per heavy atom. The van der Waals surface area contributed by atoms with E-state index in [4.69, 9.17) is 0 Å². The van der Waals surface area contributed by atoms with E-state index in [2.05, 4.69) is 0 Å². The first-order valence-corrected chi connectivity index (χ1v) is 5.84. The molecule has 0 aliphatic heterocycles. The van der Waals surface area contributed by atoms with Crippen molar-refractivity contribution in [3.8, 4) is 0 Å². The Hall–Kier alpha value is -0.420. The molecule has 0 saturated heterocycles. The fourth-order valence-corrected chi connectivity index (χ4v) is 2.39. The summed E-state index contributed by atoms with van der Waals surface area (Å²) in [6.45, 7) is 0. The number of hydrogen-bond donors (Lipinski definition) is 0. The van der Waals surface area contributed by atoms with E-state index in [1.54, 1.807) is 0 Å². The minimum atomic E-state index is -5.17. The molecule has 0 aromatic heterocycles. The highest BCUT2D eigenvalue weighted by Gasteiger charge is 2.55. The second kappa shape index (κ2) is 5.48. The van der Waals surface area contributed by atoms with Crippen molar-refractivity contribution in [2.24, 2.45) is 11.8 Å². The summed E-state index contributed by atoms with van der Waals surface area (Å²) in [5, 5.41) is 0. The van der Waals surface area contributed by atoms with E-state index in [9.17, 15) is 26.3 Å². The molecular weight excluding hydrogens is 246 g/mol. The molecule has 0 spiro atoms. The quantitative estimate of drug-likeness (QED) is 0.621. The highest BCUT2D eigenvalue weighted by atomic mass is 19.4. The summed E-state index contributed by atoms with van der Waals surface area (Å²) < 4.78 is 73.5. The van der Waals surface area contributed by atoms with Crippen molar-refractivity contribution in [2.75, 3.05) is 0 Å². The Kier molecular flexibility index (Phi) is 4.72. The number of halogens is 6. The Bertz CT molecular complexity index is 209. The maximum atomic E-state index is 12.3. The molecule has 1 fully saturated rings. The molecule has 0 N–H and O–H groups in total. The standard InChI is InChI=1S/C11H16F6/c12-10(13,14)9(11(15,16)17)7-6-8-4-2-1-3-5-8/h8-9H,1-7H2. The van der Waals surface area contributed by atoms with Crippen LogP contribution >= 0.6 is 0 Å². The lowest BCUT2D eigenvalue weighted by Crippen LogP contribution is -2.36. The van der Waals surface area contributed by atoms with Crippen LogP contribution in [-0.2, 0) is 0 Å². The van der Waals surface area contributed by atoms with Crippen LogP contribution in [0.4, 0.5) is 26.3 Å². The van der Waals surface area contributed by atoms with Crippen LogP contribution in [0.5, 0.6) is 0 Å². The number of alkyl halides is 6. The van der Waals surface area contributed by atoms with Gasteiger partial charge in [-0.2, -0.15) is 26.3 Å². The lowest BCUT2D eigenvalue weighted by atomic mass is 9.84. The summed E-state index contributed by atoms with van der Waals surface area (Å²) in [5.41, 5.74) is 0. The van der Waals surface area contributed by atoms with Crippen molar-refractivity contribution >= 4 is 0 Å². The average molecular weight is 262 g/mol. The topological polar surface area (TPSA) is 0 Å². The Morgan fingerprint density at radius 2 is 1.29 bits per heavy atom. The van der Waals surface area contributed by atoms with Crippen LogP contribution in [0.25, 0.3) is 0 Å². The van der Waals surface area contributed by atoms with Crippen LogP contribution in [0, 0.1) is 11.8 Å². The molecule has 0 unspecified atom stereocenters. The third-order valence-corrected chi connectivity index (χ3v) is 3.38. The van der Waals surface area contributed by atoms with Crippen molar-refractivity contribution in [2.45, 2.75) is 57.3 Å². The Labute approximate surface area is 96.4 Å². The van der Waals surface area contributed by atoms with Gasteiger partial charge in [-0.25, -0.2) is 0 Å². The van der Waals surface area contributed by atoms with Gasteiger partial charge in [-0.15, -0.1) is 0 Å². The van der Waals surface area contributed by atoms with Crippen molar-refractivity contribution in [3.63, 3.8) is 0 Å². The minimum Gasteiger partial charge on any atom is -0.170 e. The first-order valence-electron chi connectivity index (χ1n) is 5.84. The zero-order chi connectivity index (χ0) is 13.1. The van der Waals surface area contributed by atoms with E-state index in [1.165, 1.54) is 0 Å². The van der Waals surface area contributed by atoms with E-state index in [0.717, 1.165) is 32.1 Å². The third kappa shape index (κ3) is 4.76. The first-order chi connectivity index (χ1) is 7.71. The lowest BCUT2D eigenvalue weighted by Gasteiger charge is -2.26. The molecule has 1 aliphatic carbocycles. The van der Waals surface area contributed by atoms with Crippen molar-refractivity contribution in [3.05, 3.63) is 0 Å². The van der Waals surface area contributed by atoms with Crippen LogP contribution in [0.2, 0.25) is 0 Å². The van der Waals surface area contributed by atoms with Gasteiger partial charge in [-0.1, -0.05) is 32.1 Å². The average Bonchev–Trinajstić information content (AvgIpc) is 2.15. The Balaban J connectivity index is 2.49. The molecular formula is C11H16F6. The third-order valence-electron chi connectivity index (χ3n) is 3.38. The SMILES string of the molecule is FC(F)(F)C(CCC1CCCCC1)C(F)(F)F.